The van der Waals surface area contributed by atoms with Gasteiger partial charge in [-0.25, -0.2) is 4.79 Å². The monoisotopic (exact) mass is 346 g/mol. The number of nitrogens with zero attached hydrogens (tertiary/aromatic N) is 2. The van der Waals surface area contributed by atoms with Crippen LogP contribution in [0.2, 0.25) is 0 Å². The van der Waals surface area contributed by atoms with Gasteiger partial charge in [-0.3, -0.25) is 5.32 Å². The first kappa shape index (κ1) is 16.9. The topological polar surface area (TPSA) is 87.1 Å². The van der Waals surface area contributed by atoms with Gasteiger partial charge >= 0.3 is 6.03 Å². The highest BCUT2D eigenvalue weighted by Crippen LogP contribution is 2.28. The smallest absolute Gasteiger partial charge is 0.321 e. The molecule has 6 nitrogen and oxygen atoms in total. The average molecular weight is 346 g/mol. The van der Waals surface area contributed by atoms with Gasteiger partial charge in [-0.05, 0) is 51.2 Å². The molecule has 2 aromatic rings. The van der Waals surface area contributed by atoms with Crippen molar-refractivity contribution in [2.45, 2.75) is 39.2 Å². The lowest BCUT2D eigenvalue weighted by Gasteiger charge is -2.10. The van der Waals surface area contributed by atoms with Crippen LogP contribution in [0.5, 0.6) is 0 Å². The number of rotatable bonds is 4. The van der Waals surface area contributed by atoms with Gasteiger partial charge in [0.05, 0.1) is 6.10 Å². The van der Waals surface area contributed by atoms with E-state index in [1.807, 2.05) is 13.8 Å². The standard InChI is InChI=1S/C17H22N4O2S/c1-10-5-11(2)7-13(6-10)15-20-21-17(24-15)19-16(23)18-9-12-3-4-14(22)8-12/h5-7,12,14,22H,3-4,8-9H2,1-2H3,(H2,18,19,21,23). The highest BCUT2D eigenvalue weighted by atomic mass is 32.1. The van der Waals surface area contributed by atoms with Crippen LogP contribution in [0.15, 0.2) is 18.2 Å². The van der Waals surface area contributed by atoms with Crippen molar-refractivity contribution >= 4 is 22.5 Å². The van der Waals surface area contributed by atoms with Crippen molar-refractivity contribution < 1.29 is 9.90 Å². The summed E-state index contributed by atoms with van der Waals surface area (Å²) in [6.45, 7) is 4.67. The number of carbonyl (C=O) groups excluding carboxylic acids is 1. The Balaban J connectivity index is 1.56. The molecule has 128 valence electrons. The van der Waals surface area contributed by atoms with Gasteiger partial charge in [0.2, 0.25) is 5.13 Å². The Hall–Kier alpha value is -1.99. The van der Waals surface area contributed by atoms with E-state index in [4.69, 9.17) is 0 Å². The normalized spacial score (nSPS) is 20.1. The van der Waals surface area contributed by atoms with E-state index in [0.717, 1.165) is 29.8 Å². The van der Waals surface area contributed by atoms with E-state index in [2.05, 4.69) is 39.0 Å². The third-order valence-corrected chi connectivity index (χ3v) is 5.07. The minimum atomic E-state index is -0.278. The van der Waals surface area contributed by atoms with Crippen LogP contribution in [0.25, 0.3) is 10.6 Å². The number of aliphatic hydroxyl groups is 1. The van der Waals surface area contributed by atoms with E-state index in [-0.39, 0.29) is 12.1 Å². The van der Waals surface area contributed by atoms with E-state index in [0.29, 0.717) is 17.6 Å². The van der Waals surface area contributed by atoms with Crippen LogP contribution in [0.4, 0.5) is 9.93 Å². The third kappa shape index (κ3) is 4.30. The first-order valence-electron chi connectivity index (χ1n) is 8.14. The number of aryl methyl sites for hydroxylation is 2. The summed E-state index contributed by atoms with van der Waals surface area (Å²) in [6, 6.07) is 5.95. The molecule has 1 saturated carbocycles. The molecule has 2 amide bonds. The molecular weight excluding hydrogens is 324 g/mol. The molecule has 0 aliphatic heterocycles. The second-order valence-corrected chi connectivity index (χ2v) is 7.43. The molecule has 1 aromatic heterocycles. The van der Waals surface area contributed by atoms with E-state index in [9.17, 15) is 9.90 Å². The number of aliphatic hydroxyl groups excluding tert-OH is 1. The van der Waals surface area contributed by atoms with Gasteiger partial charge in [0.15, 0.2) is 0 Å². The first-order chi connectivity index (χ1) is 11.5. The predicted molar refractivity (Wildman–Crippen MR) is 95.2 cm³/mol. The summed E-state index contributed by atoms with van der Waals surface area (Å²) in [7, 11) is 0. The summed E-state index contributed by atoms with van der Waals surface area (Å²) in [5, 5.41) is 24.5. The largest absolute Gasteiger partial charge is 0.393 e. The van der Waals surface area contributed by atoms with Gasteiger partial charge in [-0.1, -0.05) is 28.5 Å². The molecule has 2 atom stereocenters. The molecule has 1 fully saturated rings. The minimum absolute atomic E-state index is 0.219. The lowest BCUT2D eigenvalue weighted by Crippen LogP contribution is -2.32. The number of aromatic nitrogens is 2. The van der Waals surface area contributed by atoms with Crippen molar-refractivity contribution in [2.75, 3.05) is 11.9 Å². The molecule has 1 heterocycles. The summed E-state index contributed by atoms with van der Waals surface area (Å²) < 4.78 is 0. The Morgan fingerprint density at radius 3 is 2.67 bits per heavy atom. The number of benzene rings is 1. The molecule has 24 heavy (non-hydrogen) atoms. The maximum Gasteiger partial charge on any atom is 0.321 e. The number of hydrogen-bond acceptors (Lipinski definition) is 5. The van der Waals surface area contributed by atoms with E-state index >= 15 is 0 Å². The molecular formula is C17H22N4O2S. The van der Waals surface area contributed by atoms with Crippen molar-refractivity contribution in [3.8, 4) is 10.6 Å². The van der Waals surface area contributed by atoms with E-state index < -0.39 is 0 Å². The maximum absolute atomic E-state index is 12.0. The van der Waals surface area contributed by atoms with Crippen molar-refractivity contribution in [1.29, 1.82) is 0 Å². The fourth-order valence-electron chi connectivity index (χ4n) is 3.10. The van der Waals surface area contributed by atoms with E-state index in [1.54, 1.807) is 0 Å². The number of anilines is 1. The van der Waals surface area contributed by atoms with E-state index in [1.165, 1.54) is 22.5 Å². The second-order valence-electron chi connectivity index (χ2n) is 6.46. The Morgan fingerprint density at radius 1 is 1.25 bits per heavy atom. The van der Waals surface area contributed by atoms with Crippen LogP contribution in [0.1, 0.15) is 30.4 Å². The fourth-order valence-corrected chi connectivity index (χ4v) is 3.83. The molecule has 3 rings (SSSR count). The van der Waals surface area contributed by atoms with Crippen LogP contribution < -0.4 is 10.6 Å². The van der Waals surface area contributed by atoms with Crippen molar-refractivity contribution in [3.05, 3.63) is 29.3 Å². The summed E-state index contributed by atoms with van der Waals surface area (Å²) in [6.07, 6.45) is 2.32. The zero-order valence-corrected chi connectivity index (χ0v) is 14.7. The summed E-state index contributed by atoms with van der Waals surface area (Å²) in [5.74, 6) is 0.353. The van der Waals surface area contributed by atoms with Gasteiger partial charge in [0, 0.05) is 12.1 Å². The molecule has 0 bridgehead atoms. The quantitative estimate of drug-likeness (QED) is 0.794. The van der Waals surface area contributed by atoms with Gasteiger partial charge in [-0.15, -0.1) is 10.2 Å². The lowest BCUT2D eigenvalue weighted by atomic mass is 10.1. The molecule has 1 aliphatic carbocycles. The van der Waals surface area contributed by atoms with Crippen LogP contribution in [-0.2, 0) is 0 Å². The SMILES string of the molecule is Cc1cc(C)cc(-c2nnc(NC(=O)NCC3CCC(O)C3)s2)c1. The molecule has 0 spiro atoms. The second kappa shape index (κ2) is 7.27. The average Bonchev–Trinajstić information content (AvgIpc) is 3.13. The third-order valence-electron chi connectivity index (χ3n) is 4.18. The van der Waals surface area contributed by atoms with Crippen LogP contribution >= 0.6 is 11.3 Å². The predicted octanol–water partition coefficient (Wildman–Crippen LogP) is 3.10. The lowest BCUT2D eigenvalue weighted by molar-refractivity contribution is 0.177. The minimum Gasteiger partial charge on any atom is -0.393 e. The Bertz CT molecular complexity index is 711. The Labute approximate surface area is 145 Å². The molecule has 0 saturated heterocycles. The highest BCUT2D eigenvalue weighted by molar-refractivity contribution is 7.18. The number of nitrogens with one attached hydrogen (secondary N) is 2. The number of carbonyl (C=O) groups is 1. The van der Waals surface area contributed by atoms with Crippen molar-refractivity contribution in [2.24, 2.45) is 5.92 Å². The van der Waals surface area contributed by atoms with Crippen molar-refractivity contribution in [3.63, 3.8) is 0 Å². The molecule has 2 unspecified atom stereocenters. The highest BCUT2D eigenvalue weighted by Gasteiger charge is 2.23. The number of hydrogen-bond donors (Lipinski definition) is 3. The Morgan fingerprint density at radius 2 is 2.00 bits per heavy atom. The van der Waals surface area contributed by atoms with Gasteiger partial charge < -0.3 is 10.4 Å². The van der Waals surface area contributed by atoms with Crippen LogP contribution in [0.3, 0.4) is 0 Å². The molecule has 3 N–H and O–H groups in total. The van der Waals surface area contributed by atoms with Crippen molar-refractivity contribution in [1.82, 2.24) is 15.5 Å². The van der Waals surface area contributed by atoms with Gasteiger partial charge in [0.1, 0.15) is 5.01 Å². The summed E-state index contributed by atoms with van der Waals surface area (Å²) >= 11 is 1.36. The number of urea groups is 1. The van der Waals surface area contributed by atoms with Crippen LogP contribution in [-0.4, -0.2) is 34.0 Å². The first-order valence-corrected chi connectivity index (χ1v) is 8.96. The molecule has 1 aromatic carbocycles. The fraction of sp³-hybridized carbons (Fsp3) is 0.471. The summed E-state index contributed by atoms with van der Waals surface area (Å²) in [5.41, 5.74) is 3.36. The number of amides is 2. The van der Waals surface area contributed by atoms with Crippen LogP contribution in [0, 0.1) is 19.8 Å². The van der Waals surface area contributed by atoms with Gasteiger partial charge in [-0.2, -0.15) is 0 Å². The zero-order valence-electron chi connectivity index (χ0n) is 13.9. The zero-order chi connectivity index (χ0) is 17.1. The molecule has 7 heteroatoms. The summed E-state index contributed by atoms with van der Waals surface area (Å²) in [4.78, 5) is 12.0. The molecule has 1 aliphatic rings. The Kier molecular flexibility index (Phi) is 5.11. The maximum atomic E-state index is 12.0. The van der Waals surface area contributed by atoms with Gasteiger partial charge in [0.25, 0.3) is 0 Å². The molecule has 0 radical (unpaired) electrons.